The van der Waals surface area contributed by atoms with E-state index in [9.17, 15) is 18.0 Å². The van der Waals surface area contributed by atoms with Gasteiger partial charge in [-0.05, 0) is 62.1 Å². The predicted molar refractivity (Wildman–Crippen MR) is 140 cm³/mol. The van der Waals surface area contributed by atoms with E-state index in [-0.39, 0.29) is 23.0 Å². The maximum Gasteiger partial charge on any atom is 0.336 e. The van der Waals surface area contributed by atoms with Crippen LogP contribution in [0.15, 0.2) is 71.6 Å². The van der Waals surface area contributed by atoms with Crippen LogP contribution in [0, 0.1) is 0 Å². The number of hydrogen-bond acceptors (Lipinski definition) is 7. The van der Waals surface area contributed by atoms with Gasteiger partial charge in [0, 0.05) is 24.3 Å². The molecule has 0 unspecified atom stereocenters. The Hall–Kier alpha value is -4.09. The fraction of sp³-hybridized carbons (Fsp3) is 0.200. The number of carbonyl (C=O) groups is 2. The van der Waals surface area contributed by atoms with Crippen LogP contribution in [0.1, 0.15) is 15.9 Å². The zero-order valence-corrected chi connectivity index (χ0v) is 20.8. The van der Waals surface area contributed by atoms with E-state index in [1.807, 2.05) is 19.0 Å². The van der Waals surface area contributed by atoms with Crippen LogP contribution < -0.4 is 21.7 Å². The fourth-order valence-corrected chi connectivity index (χ4v) is 5.16. The minimum atomic E-state index is -4.09. The normalized spacial score (nSPS) is 14.2. The quantitative estimate of drug-likeness (QED) is 0.343. The lowest BCUT2D eigenvalue weighted by atomic mass is 10.1. The summed E-state index contributed by atoms with van der Waals surface area (Å²) >= 11 is 0. The van der Waals surface area contributed by atoms with Crippen molar-refractivity contribution in [2.24, 2.45) is 0 Å². The van der Waals surface area contributed by atoms with Crippen molar-refractivity contribution in [2.75, 3.05) is 48.9 Å². The number of fused-ring (bicyclic) bond motifs is 1. The van der Waals surface area contributed by atoms with E-state index in [1.165, 1.54) is 6.07 Å². The van der Waals surface area contributed by atoms with Crippen molar-refractivity contribution in [2.45, 2.75) is 11.4 Å². The molecule has 0 aliphatic carbocycles. The van der Waals surface area contributed by atoms with Crippen molar-refractivity contribution in [3.8, 4) is 0 Å². The maximum atomic E-state index is 13.3. The first-order valence-corrected chi connectivity index (χ1v) is 12.7. The first-order valence-electron chi connectivity index (χ1n) is 11.3. The number of para-hydroxylation sites is 2. The second kappa shape index (κ2) is 10.3. The van der Waals surface area contributed by atoms with Crippen LogP contribution >= 0.6 is 0 Å². The van der Waals surface area contributed by atoms with Gasteiger partial charge in [-0.3, -0.25) is 4.79 Å². The molecule has 0 saturated heterocycles. The Labute approximate surface area is 210 Å². The number of nitrogen functional groups attached to an aromatic ring is 1. The van der Waals surface area contributed by atoms with E-state index in [1.54, 1.807) is 60.7 Å². The minimum absolute atomic E-state index is 0.0217. The zero-order chi connectivity index (χ0) is 25.9. The van der Waals surface area contributed by atoms with Crippen molar-refractivity contribution in [1.29, 1.82) is 0 Å². The van der Waals surface area contributed by atoms with Crippen LogP contribution in [0.25, 0.3) is 0 Å². The van der Waals surface area contributed by atoms with Gasteiger partial charge < -0.3 is 26.6 Å². The summed E-state index contributed by atoms with van der Waals surface area (Å²) in [6.45, 7) is 1.23. The van der Waals surface area contributed by atoms with Gasteiger partial charge in [0.1, 0.15) is 4.90 Å². The summed E-state index contributed by atoms with van der Waals surface area (Å²) < 4.78 is 27.4. The van der Waals surface area contributed by atoms with Gasteiger partial charge in [0.2, 0.25) is 0 Å². The molecule has 3 amide bonds. The monoisotopic (exact) mass is 508 g/mol. The molecule has 3 aromatic rings. The first kappa shape index (κ1) is 25.0. The summed E-state index contributed by atoms with van der Waals surface area (Å²) in [4.78, 5) is 27.2. The highest BCUT2D eigenvalue weighted by atomic mass is 32.2. The Morgan fingerprint density at radius 2 is 1.78 bits per heavy atom. The van der Waals surface area contributed by atoms with Gasteiger partial charge in [-0.2, -0.15) is 0 Å². The first-order chi connectivity index (χ1) is 17.1. The van der Waals surface area contributed by atoms with Gasteiger partial charge in [-0.1, -0.05) is 24.3 Å². The molecule has 36 heavy (non-hydrogen) atoms. The number of rotatable bonds is 8. The number of amides is 3. The van der Waals surface area contributed by atoms with E-state index in [0.717, 1.165) is 10.8 Å². The standard InChI is InChI=1S/C25H28N6O4S/c1-30(2)14-13-27-19-11-12-22-23(15-19)36(34,35)31(25(33)29-22)16-17-7-9-18(10-8-17)24(32)28-21-6-4-3-5-20(21)26/h3-12,15,27H,13-14,16,26H2,1-2H3,(H,28,32)(H,29,33). The smallest absolute Gasteiger partial charge is 0.336 e. The van der Waals surface area contributed by atoms with Crippen LogP contribution in [-0.4, -0.2) is 56.7 Å². The summed E-state index contributed by atoms with van der Waals surface area (Å²) in [7, 11) is -0.190. The maximum absolute atomic E-state index is 13.3. The van der Waals surface area contributed by atoms with E-state index >= 15 is 0 Å². The van der Waals surface area contributed by atoms with Gasteiger partial charge in [-0.25, -0.2) is 17.5 Å². The molecule has 0 atom stereocenters. The summed E-state index contributed by atoms with van der Waals surface area (Å²) in [6, 6.07) is 17.4. The summed E-state index contributed by atoms with van der Waals surface area (Å²) in [5, 5.41) is 8.58. The van der Waals surface area contributed by atoms with E-state index < -0.39 is 16.1 Å². The number of nitrogens with one attached hydrogen (secondary N) is 3. The molecule has 10 nitrogen and oxygen atoms in total. The molecule has 0 bridgehead atoms. The molecule has 0 aromatic heterocycles. The largest absolute Gasteiger partial charge is 0.397 e. The highest BCUT2D eigenvalue weighted by Gasteiger charge is 2.36. The molecule has 0 fully saturated rings. The Morgan fingerprint density at radius 1 is 1.06 bits per heavy atom. The van der Waals surface area contributed by atoms with Crippen molar-refractivity contribution >= 4 is 44.7 Å². The topological polar surface area (TPSA) is 137 Å². The zero-order valence-electron chi connectivity index (χ0n) is 20.0. The number of anilines is 4. The minimum Gasteiger partial charge on any atom is -0.397 e. The molecule has 5 N–H and O–H groups in total. The van der Waals surface area contributed by atoms with Crippen LogP contribution in [0.3, 0.4) is 0 Å². The van der Waals surface area contributed by atoms with E-state index in [0.29, 0.717) is 34.7 Å². The van der Waals surface area contributed by atoms with Gasteiger partial charge in [0.15, 0.2) is 0 Å². The Bertz CT molecular complexity index is 1390. The third kappa shape index (κ3) is 5.42. The molecule has 0 radical (unpaired) electrons. The van der Waals surface area contributed by atoms with Crippen LogP contribution in [-0.2, 0) is 16.6 Å². The number of carbonyl (C=O) groups excluding carboxylic acids is 2. The number of benzene rings is 3. The highest BCUT2D eigenvalue weighted by molar-refractivity contribution is 7.90. The SMILES string of the molecule is CN(C)CCNc1ccc2c(c1)S(=O)(=O)N(Cc1ccc(C(=O)Nc3ccccc3N)cc1)C(=O)N2. The molecule has 0 spiro atoms. The Kier molecular flexibility index (Phi) is 7.13. The third-order valence-electron chi connectivity index (χ3n) is 5.66. The molecular formula is C25H28N6O4S. The van der Waals surface area contributed by atoms with Gasteiger partial charge in [0.25, 0.3) is 15.9 Å². The molecule has 188 valence electrons. The lowest BCUT2D eigenvalue weighted by molar-refractivity contribution is 0.102. The van der Waals surface area contributed by atoms with Gasteiger partial charge in [-0.15, -0.1) is 0 Å². The summed E-state index contributed by atoms with van der Waals surface area (Å²) in [6.07, 6.45) is 0. The summed E-state index contributed by atoms with van der Waals surface area (Å²) in [5.41, 5.74) is 8.61. The van der Waals surface area contributed by atoms with Crippen molar-refractivity contribution in [3.05, 3.63) is 77.9 Å². The predicted octanol–water partition coefficient (Wildman–Crippen LogP) is 3.23. The molecule has 3 aromatic carbocycles. The van der Waals surface area contributed by atoms with Crippen molar-refractivity contribution in [1.82, 2.24) is 9.21 Å². The van der Waals surface area contributed by atoms with Crippen LogP contribution in [0.2, 0.25) is 0 Å². The lowest BCUT2D eigenvalue weighted by Gasteiger charge is -2.29. The molecular weight excluding hydrogens is 480 g/mol. The average Bonchev–Trinajstić information content (AvgIpc) is 2.84. The Morgan fingerprint density at radius 3 is 2.47 bits per heavy atom. The third-order valence-corrected chi connectivity index (χ3v) is 7.43. The molecule has 1 aliphatic heterocycles. The Balaban J connectivity index is 1.49. The van der Waals surface area contributed by atoms with E-state index in [4.69, 9.17) is 5.73 Å². The van der Waals surface area contributed by atoms with Gasteiger partial charge >= 0.3 is 6.03 Å². The number of nitrogens with zero attached hydrogens (tertiary/aromatic N) is 2. The molecule has 4 rings (SSSR count). The molecule has 1 aliphatic rings. The molecule has 11 heteroatoms. The number of likely N-dealkylation sites (N-methyl/N-ethyl adjacent to an activating group) is 1. The number of hydrogen-bond donors (Lipinski definition) is 4. The average molecular weight is 509 g/mol. The number of sulfonamides is 1. The lowest BCUT2D eigenvalue weighted by Crippen LogP contribution is -2.43. The summed E-state index contributed by atoms with van der Waals surface area (Å²) in [5.74, 6) is -0.356. The van der Waals surface area contributed by atoms with Crippen molar-refractivity contribution < 1.29 is 18.0 Å². The molecule has 1 heterocycles. The molecule has 0 saturated carbocycles. The fourth-order valence-electron chi connectivity index (χ4n) is 3.67. The van der Waals surface area contributed by atoms with Crippen molar-refractivity contribution in [3.63, 3.8) is 0 Å². The second-order valence-corrected chi connectivity index (χ2v) is 10.5. The van der Waals surface area contributed by atoms with E-state index in [2.05, 4.69) is 16.0 Å². The number of urea groups is 1. The highest BCUT2D eigenvalue weighted by Crippen LogP contribution is 2.33. The number of nitrogens with two attached hydrogens (primary N) is 1. The van der Waals surface area contributed by atoms with Crippen LogP contribution in [0.5, 0.6) is 0 Å². The second-order valence-electron chi connectivity index (χ2n) is 8.62. The van der Waals surface area contributed by atoms with Gasteiger partial charge in [0.05, 0.1) is 23.6 Å². The van der Waals surface area contributed by atoms with Crippen LogP contribution in [0.4, 0.5) is 27.5 Å².